The van der Waals surface area contributed by atoms with Gasteiger partial charge in [0.2, 0.25) is 0 Å². The Morgan fingerprint density at radius 1 is 1.12 bits per heavy atom. The number of nitrogens with zero attached hydrogens (tertiary/aromatic N) is 4. The van der Waals surface area contributed by atoms with Gasteiger partial charge >= 0.3 is 0 Å². The summed E-state index contributed by atoms with van der Waals surface area (Å²) in [5, 5.41) is 0. The fourth-order valence-corrected chi connectivity index (χ4v) is 3.51. The molecule has 0 saturated carbocycles. The maximum absolute atomic E-state index is 5.24. The lowest BCUT2D eigenvalue weighted by Crippen LogP contribution is -2.31. The molecule has 1 aromatic carbocycles. The van der Waals surface area contributed by atoms with Gasteiger partial charge in [-0.15, -0.1) is 0 Å². The lowest BCUT2D eigenvalue weighted by molar-refractivity contribution is 0.237. The van der Waals surface area contributed by atoms with Crippen molar-refractivity contribution in [3.8, 4) is 5.75 Å². The summed E-state index contributed by atoms with van der Waals surface area (Å²) < 4.78 is 7.56. The van der Waals surface area contributed by atoms with E-state index in [4.69, 9.17) is 4.74 Å². The van der Waals surface area contributed by atoms with E-state index in [1.54, 1.807) is 7.11 Å². The number of fused-ring (bicyclic) bond motifs is 1. The van der Waals surface area contributed by atoms with Gasteiger partial charge in [0, 0.05) is 61.9 Å². The van der Waals surface area contributed by atoms with Crippen LogP contribution < -0.4 is 4.74 Å². The molecule has 0 N–H and O–H groups in total. The number of aromatic nitrogens is 3. The van der Waals surface area contributed by atoms with Crippen molar-refractivity contribution < 1.29 is 4.74 Å². The van der Waals surface area contributed by atoms with Crippen molar-refractivity contribution >= 4 is 0 Å². The number of aryl methyl sites for hydroxylation is 1. The van der Waals surface area contributed by atoms with E-state index in [1.165, 1.54) is 22.5 Å². The standard InChI is InChI=1S/C21H24N4O/c1-16-22-12-18-14-24(11-9-21(18)23-16)15-19-4-3-10-25(19)13-17-5-7-20(26-2)8-6-17/h3-8,10,12H,9,11,13-15H2,1-2H3. The summed E-state index contributed by atoms with van der Waals surface area (Å²) in [5.41, 5.74) is 5.07. The molecule has 3 aromatic rings. The highest BCUT2D eigenvalue weighted by atomic mass is 16.5. The summed E-state index contributed by atoms with van der Waals surface area (Å²) in [6.45, 7) is 5.73. The van der Waals surface area contributed by atoms with Gasteiger partial charge in [-0.3, -0.25) is 4.90 Å². The molecule has 0 amide bonds. The molecule has 134 valence electrons. The number of methoxy groups -OCH3 is 1. The van der Waals surface area contributed by atoms with Crippen molar-refractivity contribution in [2.75, 3.05) is 13.7 Å². The molecule has 3 heterocycles. The van der Waals surface area contributed by atoms with Crippen LogP contribution in [0.2, 0.25) is 0 Å². The molecule has 0 atom stereocenters. The molecule has 26 heavy (non-hydrogen) atoms. The Labute approximate surface area is 154 Å². The monoisotopic (exact) mass is 348 g/mol. The second-order valence-corrected chi connectivity index (χ2v) is 6.83. The lowest BCUT2D eigenvalue weighted by Gasteiger charge is -2.28. The summed E-state index contributed by atoms with van der Waals surface area (Å²) >= 11 is 0. The van der Waals surface area contributed by atoms with Gasteiger partial charge in [-0.1, -0.05) is 12.1 Å². The third-order valence-corrected chi connectivity index (χ3v) is 4.95. The van der Waals surface area contributed by atoms with E-state index in [0.29, 0.717) is 0 Å². The zero-order chi connectivity index (χ0) is 17.9. The third-order valence-electron chi connectivity index (χ3n) is 4.95. The first kappa shape index (κ1) is 16.8. The van der Waals surface area contributed by atoms with Crippen LogP contribution in [-0.2, 0) is 26.1 Å². The molecule has 5 nitrogen and oxygen atoms in total. The molecule has 0 saturated heterocycles. The normalized spacial score (nSPS) is 14.2. The van der Waals surface area contributed by atoms with Gasteiger partial charge in [0.1, 0.15) is 11.6 Å². The number of hydrogen-bond acceptors (Lipinski definition) is 4. The van der Waals surface area contributed by atoms with Gasteiger partial charge in [-0.2, -0.15) is 0 Å². The summed E-state index contributed by atoms with van der Waals surface area (Å²) in [6, 6.07) is 12.6. The second kappa shape index (κ2) is 7.30. The van der Waals surface area contributed by atoms with E-state index in [1.807, 2.05) is 25.3 Å². The Morgan fingerprint density at radius 2 is 1.96 bits per heavy atom. The summed E-state index contributed by atoms with van der Waals surface area (Å²) in [7, 11) is 1.70. The van der Waals surface area contributed by atoms with E-state index < -0.39 is 0 Å². The van der Waals surface area contributed by atoms with Gasteiger partial charge in [0.15, 0.2) is 0 Å². The van der Waals surface area contributed by atoms with E-state index in [-0.39, 0.29) is 0 Å². The predicted molar refractivity (Wildman–Crippen MR) is 101 cm³/mol. The molecular formula is C21H24N4O. The average molecular weight is 348 g/mol. The first-order valence-corrected chi connectivity index (χ1v) is 9.02. The van der Waals surface area contributed by atoms with Crippen molar-refractivity contribution in [3.63, 3.8) is 0 Å². The molecule has 1 aliphatic rings. The lowest BCUT2D eigenvalue weighted by atomic mass is 10.1. The highest BCUT2D eigenvalue weighted by Crippen LogP contribution is 2.20. The van der Waals surface area contributed by atoms with Crippen LogP contribution in [0.5, 0.6) is 5.75 Å². The number of ether oxygens (including phenoxy) is 1. The quantitative estimate of drug-likeness (QED) is 0.710. The van der Waals surface area contributed by atoms with Crippen molar-refractivity contribution in [2.45, 2.75) is 33.0 Å². The SMILES string of the molecule is COc1ccc(Cn2cccc2CN2CCc3nc(C)ncc3C2)cc1. The molecule has 0 fully saturated rings. The zero-order valence-electron chi connectivity index (χ0n) is 15.4. The maximum Gasteiger partial charge on any atom is 0.125 e. The molecule has 0 aliphatic carbocycles. The van der Waals surface area contributed by atoms with Crippen molar-refractivity contribution in [3.05, 3.63) is 77.1 Å². The zero-order valence-corrected chi connectivity index (χ0v) is 15.4. The molecule has 5 heteroatoms. The van der Waals surface area contributed by atoms with E-state index in [9.17, 15) is 0 Å². The number of hydrogen-bond donors (Lipinski definition) is 0. The van der Waals surface area contributed by atoms with E-state index >= 15 is 0 Å². The maximum atomic E-state index is 5.24. The summed E-state index contributed by atoms with van der Waals surface area (Å²) in [4.78, 5) is 11.4. The van der Waals surface area contributed by atoms with Crippen LogP contribution in [-0.4, -0.2) is 33.1 Å². The highest BCUT2D eigenvalue weighted by molar-refractivity contribution is 5.28. The Hall–Kier alpha value is -2.66. The molecule has 1 aliphatic heterocycles. The molecule has 0 bridgehead atoms. The molecule has 0 unspecified atom stereocenters. The highest BCUT2D eigenvalue weighted by Gasteiger charge is 2.19. The van der Waals surface area contributed by atoms with Crippen LogP contribution in [0, 0.1) is 6.92 Å². The van der Waals surface area contributed by atoms with Crippen molar-refractivity contribution in [2.24, 2.45) is 0 Å². The van der Waals surface area contributed by atoms with Crippen molar-refractivity contribution in [1.82, 2.24) is 19.4 Å². The topological polar surface area (TPSA) is 43.2 Å². The predicted octanol–water partition coefficient (Wildman–Crippen LogP) is 3.20. The first-order chi connectivity index (χ1) is 12.7. The van der Waals surface area contributed by atoms with Gasteiger partial charge in [-0.05, 0) is 36.8 Å². The second-order valence-electron chi connectivity index (χ2n) is 6.83. The summed E-state index contributed by atoms with van der Waals surface area (Å²) in [6.07, 6.45) is 5.14. The van der Waals surface area contributed by atoms with Crippen LogP contribution >= 0.6 is 0 Å². The van der Waals surface area contributed by atoms with E-state index in [2.05, 4.69) is 49.9 Å². The Morgan fingerprint density at radius 3 is 2.77 bits per heavy atom. The Bertz CT molecular complexity index is 885. The Balaban J connectivity index is 1.45. The molecule has 0 radical (unpaired) electrons. The minimum absolute atomic E-state index is 0.866. The smallest absolute Gasteiger partial charge is 0.125 e. The number of rotatable bonds is 5. The van der Waals surface area contributed by atoms with E-state index in [0.717, 1.165) is 44.2 Å². The summed E-state index contributed by atoms with van der Waals surface area (Å²) in [5.74, 6) is 1.76. The molecule has 2 aromatic heterocycles. The first-order valence-electron chi connectivity index (χ1n) is 9.02. The molecule has 4 rings (SSSR count). The molecule has 0 spiro atoms. The largest absolute Gasteiger partial charge is 0.497 e. The van der Waals surface area contributed by atoms with Gasteiger partial charge < -0.3 is 9.30 Å². The fourth-order valence-electron chi connectivity index (χ4n) is 3.51. The van der Waals surface area contributed by atoms with Crippen LogP contribution in [0.3, 0.4) is 0 Å². The van der Waals surface area contributed by atoms with Crippen LogP contribution in [0.15, 0.2) is 48.8 Å². The van der Waals surface area contributed by atoms with Crippen LogP contribution in [0.4, 0.5) is 0 Å². The minimum atomic E-state index is 0.866. The fraction of sp³-hybridized carbons (Fsp3) is 0.333. The number of benzene rings is 1. The minimum Gasteiger partial charge on any atom is -0.497 e. The van der Waals surface area contributed by atoms with Crippen molar-refractivity contribution in [1.29, 1.82) is 0 Å². The Kier molecular flexibility index (Phi) is 4.71. The third kappa shape index (κ3) is 3.63. The van der Waals surface area contributed by atoms with Crippen LogP contribution in [0.1, 0.15) is 28.3 Å². The molecular weight excluding hydrogens is 324 g/mol. The van der Waals surface area contributed by atoms with Gasteiger partial charge in [0.05, 0.1) is 7.11 Å². The van der Waals surface area contributed by atoms with Crippen LogP contribution in [0.25, 0.3) is 0 Å². The van der Waals surface area contributed by atoms with Gasteiger partial charge in [0.25, 0.3) is 0 Å². The average Bonchev–Trinajstić information content (AvgIpc) is 3.09. The van der Waals surface area contributed by atoms with Gasteiger partial charge in [-0.25, -0.2) is 9.97 Å².